The Hall–Kier alpha value is -1.62. The van der Waals surface area contributed by atoms with Gasteiger partial charge in [-0.25, -0.2) is 4.98 Å². The second-order valence-corrected chi connectivity index (χ2v) is 5.10. The minimum absolute atomic E-state index is 0.699. The third kappa shape index (κ3) is 3.04. The molecular weight excluding hydrogens is 304 g/mol. The van der Waals surface area contributed by atoms with E-state index in [0.717, 1.165) is 34.6 Å². The number of nitrogen functional groups attached to an aromatic ring is 1. The van der Waals surface area contributed by atoms with E-state index in [1.165, 1.54) is 0 Å². The van der Waals surface area contributed by atoms with Gasteiger partial charge in [0.15, 0.2) is 0 Å². The van der Waals surface area contributed by atoms with Crippen LogP contribution in [-0.2, 0) is 6.54 Å². The van der Waals surface area contributed by atoms with E-state index >= 15 is 0 Å². The molecule has 0 unspecified atom stereocenters. The molecule has 4 nitrogen and oxygen atoms in total. The zero-order valence-electron chi connectivity index (χ0n) is 11.1. The summed E-state index contributed by atoms with van der Waals surface area (Å²) in [7, 11) is 0. The van der Waals surface area contributed by atoms with Crippen molar-refractivity contribution in [3.05, 3.63) is 46.3 Å². The van der Waals surface area contributed by atoms with E-state index in [0.29, 0.717) is 5.69 Å². The van der Waals surface area contributed by atoms with Crippen LogP contribution in [0.5, 0.6) is 0 Å². The van der Waals surface area contributed by atoms with Crippen molar-refractivity contribution in [2.24, 2.45) is 0 Å². The first-order valence-corrected chi connectivity index (χ1v) is 6.98. The van der Waals surface area contributed by atoms with Crippen LogP contribution < -0.4 is 10.6 Å². The molecule has 19 heavy (non-hydrogen) atoms. The van der Waals surface area contributed by atoms with E-state index in [1.807, 2.05) is 25.1 Å². The van der Waals surface area contributed by atoms with Gasteiger partial charge in [-0.15, -0.1) is 0 Å². The monoisotopic (exact) mass is 320 g/mol. The molecular formula is C14H17BrN4. The fourth-order valence-electron chi connectivity index (χ4n) is 1.82. The predicted octanol–water partition coefficient (Wildman–Crippen LogP) is 3.16. The summed E-state index contributed by atoms with van der Waals surface area (Å²) in [5.74, 6) is 0.903. The average Bonchev–Trinajstić information content (AvgIpc) is 2.44. The lowest BCUT2D eigenvalue weighted by Gasteiger charge is -2.23. The first-order chi connectivity index (χ1) is 9.13. The van der Waals surface area contributed by atoms with Crippen LogP contribution in [0.4, 0.5) is 11.5 Å². The van der Waals surface area contributed by atoms with Gasteiger partial charge in [0, 0.05) is 12.7 Å². The van der Waals surface area contributed by atoms with Gasteiger partial charge >= 0.3 is 0 Å². The number of hydrogen-bond acceptors (Lipinski definition) is 4. The lowest BCUT2D eigenvalue weighted by molar-refractivity contribution is 0.791. The first-order valence-electron chi connectivity index (χ1n) is 6.19. The van der Waals surface area contributed by atoms with Gasteiger partial charge in [-0.05, 0) is 47.5 Å². The van der Waals surface area contributed by atoms with Crippen LogP contribution in [0.25, 0.3) is 0 Å². The van der Waals surface area contributed by atoms with Crippen molar-refractivity contribution < 1.29 is 0 Å². The Bertz CT molecular complexity index is 557. The second-order valence-electron chi connectivity index (χ2n) is 4.31. The highest BCUT2D eigenvalue weighted by atomic mass is 79.9. The summed E-state index contributed by atoms with van der Waals surface area (Å²) in [5, 5.41) is 0. The first kappa shape index (κ1) is 13.8. The molecule has 0 aliphatic rings. The summed E-state index contributed by atoms with van der Waals surface area (Å²) in [6, 6.07) is 5.93. The van der Waals surface area contributed by atoms with Crippen LogP contribution in [0.3, 0.4) is 0 Å². The van der Waals surface area contributed by atoms with Crippen molar-refractivity contribution in [3.63, 3.8) is 0 Å². The topological polar surface area (TPSA) is 55.0 Å². The highest BCUT2D eigenvalue weighted by Crippen LogP contribution is 2.30. The van der Waals surface area contributed by atoms with Crippen LogP contribution in [0.1, 0.15) is 18.2 Å². The third-order valence-electron chi connectivity index (χ3n) is 3.04. The summed E-state index contributed by atoms with van der Waals surface area (Å²) >= 11 is 3.58. The van der Waals surface area contributed by atoms with Gasteiger partial charge in [-0.1, -0.05) is 6.07 Å². The molecule has 0 bridgehead atoms. The molecule has 2 heterocycles. The molecule has 0 atom stereocenters. The van der Waals surface area contributed by atoms with E-state index in [-0.39, 0.29) is 0 Å². The summed E-state index contributed by atoms with van der Waals surface area (Å²) in [5.41, 5.74) is 8.60. The van der Waals surface area contributed by atoms with Gasteiger partial charge in [0.05, 0.1) is 28.6 Å². The van der Waals surface area contributed by atoms with Crippen molar-refractivity contribution in [3.8, 4) is 0 Å². The lowest BCUT2D eigenvalue weighted by atomic mass is 10.2. The highest BCUT2D eigenvalue weighted by Gasteiger charge is 2.14. The number of hydrogen-bond donors (Lipinski definition) is 1. The average molecular weight is 321 g/mol. The molecule has 2 rings (SSSR count). The molecule has 0 spiro atoms. The Morgan fingerprint density at radius 1 is 1.32 bits per heavy atom. The minimum Gasteiger partial charge on any atom is -0.397 e. The molecule has 0 aliphatic heterocycles. The maximum absolute atomic E-state index is 5.86. The Kier molecular flexibility index (Phi) is 4.37. The van der Waals surface area contributed by atoms with Gasteiger partial charge in [-0.2, -0.15) is 0 Å². The van der Waals surface area contributed by atoms with Gasteiger partial charge in [-0.3, -0.25) is 4.98 Å². The normalized spacial score (nSPS) is 10.5. The van der Waals surface area contributed by atoms with E-state index in [9.17, 15) is 0 Å². The number of pyridine rings is 2. The number of nitrogens with zero attached hydrogens (tertiary/aromatic N) is 3. The molecule has 0 fully saturated rings. The molecule has 2 N–H and O–H groups in total. The molecule has 2 aromatic rings. The maximum atomic E-state index is 5.86. The van der Waals surface area contributed by atoms with Crippen LogP contribution in [0.2, 0.25) is 0 Å². The maximum Gasteiger partial charge on any atom is 0.143 e. The number of nitrogens with two attached hydrogens (primary N) is 1. The van der Waals surface area contributed by atoms with Crippen molar-refractivity contribution in [1.82, 2.24) is 9.97 Å². The van der Waals surface area contributed by atoms with Crippen LogP contribution >= 0.6 is 15.9 Å². The molecule has 0 saturated carbocycles. The Labute approximate surface area is 121 Å². The summed E-state index contributed by atoms with van der Waals surface area (Å²) in [6.07, 6.45) is 3.51. The van der Waals surface area contributed by atoms with Gasteiger partial charge in [0.1, 0.15) is 5.82 Å². The largest absolute Gasteiger partial charge is 0.397 e. The number of anilines is 2. The van der Waals surface area contributed by atoms with Gasteiger partial charge in [0.2, 0.25) is 0 Å². The standard InChI is InChI=1S/C14H17BrN4/c1-3-19(9-11-6-4-5-7-17-11)14-13(15)10(2)12(16)8-18-14/h4-8H,3,9,16H2,1-2H3. The molecule has 0 aliphatic carbocycles. The van der Waals surface area contributed by atoms with Crippen molar-refractivity contribution in [2.45, 2.75) is 20.4 Å². The molecule has 0 radical (unpaired) electrons. The highest BCUT2D eigenvalue weighted by molar-refractivity contribution is 9.10. The zero-order valence-corrected chi connectivity index (χ0v) is 12.7. The van der Waals surface area contributed by atoms with Crippen LogP contribution in [0, 0.1) is 6.92 Å². The third-order valence-corrected chi connectivity index (χ3v) is 3.99. The quantitative estimate of drug-likeness (QED) is 0.940. The molecule has 5 heteroatoms. The molecule has 0 amide bonds. The van der Waals surface area contributed by atoms with E-state index in [1.54, 1.807) is 12.4 Å². The van der Waals surface area contributed by atoms with E-state index in [4.69, 9.17) is 5.73 Å². The predicted molar refractivity (Wildman–Crippen MR) is 82.0 cm³/mol. The van der Waals surface area contributed by atoms with E-state index in [2.05, 4.69) is 37.7 Å². The van der Waals surface area contributed by atoms with Crippen molar-refractivity contribution in [2.75, 3.05) is 17.2 Å². The Morgan fingerprint density at radius 3 is 2.74 bits per heavy atom. The smallest absolute Gasteiger partial charge is 0.143 e. The van der Waals surface area contributed by atoms with Crippen LogP contribution in [-0.4, -0.2) is 16.5 Å². The lowest BCUT2D eigenvalue weighted by Crippen LogP contribution is -2.24. The molecule has 100 valence electrons. The summed E-state index contributed by atoms with van der Waals surface area (Å²) < 4.78 is 0.949. The summed E-state index contributed by atoms with van der Waals surface area (Å²) in [4.78, 5) is 10.9. The fraction of sp³-hybridized carbons (Fsp3) is 0.286. The molecule has 2 aromatic heterocycles. The zero-order chi connectivity index (χ0) is 13.8. The second kappa shape index (κ2) is 6.02. The number of rotatable bonds is 4. The number of aromatic nitrogens is 2. The number of halogens is 1. The van der Waals surface area contributed by atoms with Crippen LogP contribution in [0.15, 0.2) is 35.1 Å². The SMILES string of the molecule is CCN(Cc1ccccn1)c1ncc(N)c(C)c1Br. The van der Waals surface area contributed by atoms with Crippen molar-refractivity contribution in [1.29, 1.82) is 0 Å². The molecule has 0 saturated heterocycles. The summed E-state index contributed by atoms with van der Waals surface area (Å²) in [6.45, 7) is 5.67. The van der Waals surface area contributed by atoms with Gasteiger partial charge in [0.25, 0.3) is 0 Å². The van der Waals surface area contributed by atoms with Crippen molar-refractivity contribution >= 4 is 27.4 Å². The van der Waals surface area contributed by atoms with E-state index < -0.39 is 0 Å². The Balaban J connectivity index is 2.30. The fourth-order valence-corrected chi connectivity index (χ4v) is 2.40. The Morgan fingerprint density at radius 2 is 2.11 bits per heavy atom. The molecule has 0 aromatic carbocycles. The minimum atomic E-state index is 0.699. The van der Waals surface area contributed by atoms with Gasteiger partial charge < -0.3 is 10.6 Å².